The highest BCUT2D eigenvalue weighted by Crippen LogP contribution is 2.31. The molecule has 0 aliphatic carbocycles. The SMILES string of the molecule is Cc1ccc(C(NN)c2cc(C)c(C)s2)c(C)c1. The van der Waals surface area contributed by atoms with E-state index in [1.54, 1.807) is 0 Å². The van der Waals surface area contributed by atoms with Gasteiger partial charge in [0.1, 0.15) is 0 Å². The van der Waals surface area contributed by atoms with Crippen molar-refractivity contribution >= 4 is 11.3 Å². The topological polar surface area (TPSA) is 38.0 Å². The number of aryl methyl sites for hydroxylation is 4. The Bertz CT molecular complexity index is 538. The second-order valence-corrected chi connectivity index (χ2v) is 6.14. The zero-order valence-electron chi connectivity index (χ0n) is 11.4. The fourth-order valence-corrected chi connectivity index (χ4v) is 3.34. The van der Waals surface area contributed by atoms with E-state index in [9.17, 15) is 0 Å². The van der Waals surface area contributed by atoms with E-state index in [-0.39, 0.29) is 6.04 Å². The van der Waals surface area contributed by atoms with Gasteiger partial charge in [-0.3, -0.25) is 5.84 Å². The van der Waals surface area contributed by atoms with Crippen molar-refractivity contribution in [1.82, 2.24) is 5.43 Å². The van der Waals surface area contributed by atoms with E-state index in [0.717, 1.165) is 0 Å². The second kappa shape index (κ2) is 5.22. The van der Waals surface area contributed by atoms with Crippen molar-refractivity contribution in [3.63, 3.8) is 0 Å². The highest BCUT2D eigenvalue weighted by Gasteiger charge is 2.17. The lowest BCUT2D eigenvalue weighted by Crippen LogP contribution is -2.28. The number of nitrogens with two attached hydrogens (primary N) is 1. The van der Waals surface area contributed by atoms with Crippen LogP contribution in [0.15, 0.2) is 24.3 Å². The molecule has 1 unspecified atom stereocenters. The molecule has 3 heteroatoms. The summed E-state index contributed by atoms with van der Waals surface area (Å²) in [5, 5.41) is 0. The van der Waals surface area contributed by atoms with Gasteiger partial charge < -0.3 is 0 Å². The molecule has 0 spiro atoms. The maximum Gasteiger partial charge on any atom is 0.0805 e. The molecule has 1 heterocycles. The summed E-state index contributed by atoms with van der Waals surface area (Å²) in [6.07, 6.45) is 0. The van der Waals surface area contributed by atoms with Crippen molar-refractivity contribution in [2.75, 3.05) is 0 Å². The lowest BCUT2D eigenvalue weighted by molar-refractivity contribution is 0.643. The van der Waals surface area contributed by atoms with Crippen molar-refractivity contribution in [1.29, 1.82) is 0 Å². The first-order valence-electron chi connectivity index (χ1n) is 6.13. The largest absolute Gasteiger partial charge is 0.271 e. The third kappa shape index (κ3) is 2.48. The minimum absolute atomic E-state index is 0.0861. The number of benzene rings is 1. The molecule has 0 saturated heterocycles. The molecule has 0 aliphatic rings. The molecule has 3 N–H and O–H groups in total. The monoisotopic (exact) mass is 260 g/mol. The van der Waals surface area contributed by atoms with Crippen LogP contribution in [-0.2, 0) is 0 Å². The third-order valence-electron chi connectivity index (χ3n) is 3.37. The van der Waals surface area contributed by atoms with Gasteiger partial charge in [0, 0.05) is 9.75 Å². The molecule has 2 nitrogen and oxygen atoms in total. The summed E-state index contributed by atoms with van der Waals surface area (Å²) in [7, 11) is 0. The standard InChI is InChI=1S/C15H20N2S/c1-9-5-6-13(11(3)7-9)15(17-16)14-8-10(2)12(4)18-14/h5-8,15,17H,16H2,1-4H3. The summed E-state index contributed by atoms with van der Waals surface area (Å²) in [5.74, 6) is 5.76. The molecule has 0 aliphatic heterocycles. The Labute approximate surface area is 113 Å². The Morgan fingerprint density at radius 2 is 1.78 bits per heavy atom. The van der Waals surface area contributed by atoms with Gasteiger partial charge in [-0.2, -0.15) is 0 Å². The molecule has 2 rings (SSSR count). The van der Waals surface area contributed by atoms with Crippen LogP contribution in [0, 0.1) is 27.7 Å². The molecule has 2 aromatic rings. The van der Waals surface area contributed by atoms with E-state index < -0.39 is 0 Å². The summed E-state index contributed by atoms with van der Waals surface area (Å²) < 4.78 is 0. The number of rotatable bonds is 3. The van der Waals surface area contributed by atoms with E-state index in [1.165, 1.54) is 32.0 Å². The van der Waals surface area contributed by atoms with Crippen LogP contribution < -0.4 is 11.3 Å². The van der Waals surface area contributed by atoms with Gasteiger partial charge in [-0.1, -0.05) is 23.8 Å². The smallest absolute Gasteiger partial charge is 0.0805 e. The van der Waals surface area contributed by atoms with Crippen LogP contribution in [-0.4, -0.2) is 0 Å². The normalized spacial score (nSPS) is 12.7. The van der Waals surface area contributed by atoms with Gasteiger partial charge in [0.15, 0.2) is 0 Å². The van der Waals surface area contributed by atoms with Gasteiger partial charge in [0.25, 0.3) is 0 Å². The predicted molar refractivity (Wildman–Crippen MR) is 78.9 cm³/mol. The van der Waals surface area contributed by atoms with Crippen LogP contribution in [0.3, 0.4) is 0 Å². The number of hydrogen-bond acceptors (Lipinski definition) is 3. The molecular weight excluding hydrogens is 240 g/mol. The van der Waals surface area contributed by atoms with Crippen molar-refractivity contribution in [3.05, 3.63) is 56.3 Å². The van der Waals surface area contributed by atoms with E-state index >= 15 is 0 Å². The van der Waals surface area contributed by atoms with Gasteiger partial charge in [-0.15, -0.1) is 11.3 Å². The number of thiophene rings is 1. The Morgan fingerprint density at radius 1 is 1.06 bits per heavy atom. The van der Waals surface area contributed by atoms with Gasteiger partial charge in [0.2, 0.25) is 0 Å². The first-order valence-corrected chi connectivity index (χ1v) is 6.94. The van der Waals surface area contributed by atoms with Gasteiger partial charge in [-0.05, 0) is 50.5 Å². The Kier molecular flexibility index (Phi) is 3.85. The van der Waals surface area contributed by atoms with Crippen LogP contribution in [0.1, 0.15) is 38.0 Å². The maximum atomic E-state index is 5.76. The Morgan fingerprint density at radius 3 is 2.28 bits per heavy atom. The van der Waals surface area contributed by atoms with Crippen LogP contribution in [0.25, 0.3) is 0 Å². The minimum Gasteiger partial charge on any atom is -0.271 e. The lowest BCUT2D eigenvalue weighted by Gasteiger charge is -2.17. The molecular formula is C15H20N2S. The van der Waals surface area contributed by atoms with Crippen LogP contribution >= 0.6 is 11.3 Å². The highest BCUT2D eigenvalue weighted by atomic mass is 32.1. The fraction of sp³-hybridized carbons (Fsp3) is 0.333. The summed E-state index contributed by atoms with van der Waals surface area (Å²) in [4.78, 5) is 2.63. The van der Waals surface area contributed by atoms with E-state index in [2.05, 4.69) is 57.4 Å². The lowest BCUT2D eigenvalue weighted by atomic mass is 9.98. The quantitative estimate of drug-likeness (QED) is 0.654. The Hall–Kier alpha value is -1.16. The number of hydrogen-bond donors (Lipinski definition) is 2. The second-order valence-electron chi connectivity index (χ2n) is 4.85. The Balaban J connectivity index is 2.45. The van der Waals surface area contributed by atoms with E-state index in [0.29, 0.717) is 0 Å². The third-order valence-corrected chi connectivity index (χ3v) is 4.59. The van der Waals surface area contributed by atoms with Gasteiger partial charge in [0.05, 0.1) is 6.04 Å². The predicted octanol–water partition coefficient (Wildman–Crippen LogP) is 3.53. The number of nitrogens with one attached hydrogen (secondary N) is 1. The molecule has 0 amide bonds. The molecule has 0 bridgehead atoms. The van der Waals surface area contributed by atoms with Crippen molar-refractivity contribution in [2.24, 2.45) is 5.84 Å². The molecule has 1 aromatic carbocycles. The zero-order valence-corrected chi connectivity index (χ0v) is 12.2. The van der Waals surface area contributed by atoms with Gasteiger partial charge >= 0.3 is 0 Å². The summed E-state index contributed by atoms with van der Waals surface area (Å²) >= 11 is 1.81. The first kappa shape index (κ1) is 13.3. The van der Waals surface area contributed by atoms with Crippen molar-refractivity contribution in [3.8, 4) is 0 Å². The van der Waals surface area contributed by atoms with Gasteiger partial charge in [-0.25, -0.2) is 5.43 Å². The van der Waals surface area contributed by atoms with Crippen molar-refractivity contribution < 1.29 is 0 Å². The maximum absolute atomic E-state index is 5.76. The fourth-order valence-electron chi connectivity index (χ4n) is 2.22. The summed E-state index contributed by atoms with van der Waals surface area (Å²) in [6.45, 7) is 8.55. The molecule has 0 radical (unpaired) electrons. The van der Waals surface area contributed by atoms with E-state index in [4.69, 9.17) is 5.84 Å². The average Bonchev–Trinajstić information content (AvgIpc) is 2.63. The molecule has 0 fully saturated rings. The summed E-state index contributed by atoms with van der Waals surface area (Å²) in [5.41, 5.74) is 8.10. The molecule has 18 heavy (non-hydrogen) atoms. The van der Waals surface area contributed by atoms with Crippen LogP contribution in [0.4, 0.5) is 0 Å². The molecule has 1 atom stereocenters. The van der Waals surface area contributed by atoms with Crippen LogP contribution in [0.2, 0.25) is 0 Å². The zero-order chi connectivity index (χ0) is 13.3. The van der Waals surface area contributed by atoms with Crippen molar-refractivity contribution in [2.45, 2.75) is 33.7 Å². The number of hydrazine groups is 1. The minimum atomic E-state index is 0.0861. The molecule has 0 saturated carbocycles. The van der Waals surface area contributed by atoms with Crippen LogP contribution in [0.5, 0.6) is 0 Å². The highest BCUT2D eigenvalue weighted by molar-refractivity contribution is 7.12. The summed E-state index contributed by atoms with van der Waals surface area (Å²) in [6, 6.07) is 8.82. The van der Waals surface area contributed by atoms with E-state index in [1.807, 2.05) is 11.3 Å². The first-order chi connectivity index (χ1) is 8.52. The molecule has 96 valence electrons. The average molecular weight is 260 g/mol. The molecule has 1 aromatic heterocycles.